The Kier molecular flexibility index (Phi) is 6.40. The number of ether oxygens (including phenoxy) is 1. The first-order valence-corrected chi connectivity index (χ1v) is 8.15. The number of hydrogen-bond acceptors (Lipinski definition) is 3. The number of piperidine rings is 1. The van der Waals surface area contributed by atoms with Gasteiger partial charge in [0.05, 0.1) is 10.7 Å². The predicted molar refractivity (Wildman–Crippen MR) is 86.8 cm³/mol. The summed E-state index contributed by atoms with van der Waals surface area (Å²) in [4.78, 5) is 25.0. The molecule has 138 valence electrons. The molecule has 1 N–H and O–H groups in total. The molecule has 1 aliphatic rings. The molecule has 5 nitrogen and oxygen atoms in total. The number of carbonyl (C=O) groups excluding carboxylic acids is 2. The first-order valence-electron chi connectivity index (χ1n) is 7.40. The molecule has 1 saturated heterocycles. The lowest BCUT2D eigenvalue weighted by molar-refractivity contribution is -0.162. The number of alkyl halides is 3. The van der Waals surface area contributed by atoms with Crippen LogP contribution in [-0.2, 0) is 9.53 Å². The summed E-state index contributed by atoms with van der Waals surface area (Å²) in [6.07, 6.45) is -4.98. The third-order valence-corrected chi connectivity index (χ3v) is 4.23. The molecule has 1 fully saturated rings. The Morgan fingerprint density at radius 2 is 1.88 bits per heavy atom. The molecular formula is C15H15Cl2F3N2O3. The van der Waals surface area contributed by atoms with Gasteiger partial charge in [-0.15, -0.1) is 0 Å². The topological polar surface area (TPSA) is 58.6 Å². The quantitative estimate of drug-likeness (QED) is 0.823. The van der Waals surface area contributed by atoms with Crippen molar-refractivity contribution in [2.24, 2.45) is 5.92 Å². The molecule has 1 aromatic carbocycles. The molecule has 0 unspecified atom stereocenters. The van der Waals surface area contributed by atoms with Crippen LogP contribution in [0.4, 0.5) is 23.7 Å². The van der Waals surface area contributed by atoms with E-state index in [1.165, 1.54) is 6.07 Å². The zero-order chi connectivity index (χ0) is 18.6. The lowest BCUT2D eigenvalue weighted by Crippen LogP contribution is -2.42. The van der Waals surface area contributed by atoms with Crippen LogP contribution in [-0.4, -0.2) is 42.8 Å². The minimum Gasteiger partial charge on any atom is -0.440 e. The number of rotatable bonds is 3. The summed E-state index contributed by atoms with van der Waals surface area (Å²) in [5.41, 5.74) is 0.381. The Labute approximate surface area is 152 Å². The minimum absolute atomic E-state index is 0.137. The Balaban J connectivity index is 1.84. The number of hydrogen-bond donors (Lipinski definition) is 1. The molecule has 10 heteroatoms. The van der Waals surface area contributed by atoms with Crippen molar-refractivity contribution in [1.82, 2.24) is 4.90 Å². The van der Waals surface area contributed by atoms with Gasteiger partial charge >= 0.3 is 12.3 Å². The van der Waals surface area contributed by atoms with Crippen LogP contribution in [0.3, 0.4) is 0 Å². The zero-order valence-corrected chi connectivity index (χ0v) is 14.4. The molecule has 0 bridgehead atoms. The van der Waals surface area contributed by atoms with Crippen molar-refractivity contribution in [3.8, 4) is 0 Å². The van der Waals surface area contributed by atoms with Crippen LogP contribution in [0.5, 0.6) is 0 Å². The molecule has 1 heterocycles. The second-order valence-electron chi connectivity index (χ2n) is 5.54. The molecule has 0 atom stereocenters. The molecule has 0 spiro atoms. The largest absolute Gasteiger partial charge is 0.440 e. The van der Waals surface area contributed by atoms with E-state index in [9.17, 15) is 22.8 Å². The maximum atomic E-state index is 12.3. The maximum absolute atomic E-state index is 12.3. The Bertz CT molecular complexity index is 647. The van der Waals surface area contributed by atoms with Gasteiger partial charge < -0.3 is 15.0 Å². The first kappa shape index (κ1) is 19.7. The van der Waals surface area contributed by atoms with E-state index in [0.717, 1.165) is 4.90 Å². The van der Waals surface area contributed by atoms with Crippen LogP contribution in [0.25, 0.3) is 0 Å². The summed E-state index contributed by atoms with van der Waals surface area (Å²) in [5, 5.41) is 3.43. The molecule has 1 aromatic rings. The van der Waals surface area contributed by atoms with Gasteiger partial charge in [-0.1, -0.05) is 23.2 Å². The fourth-order valence-electron chi connectivity index (χ4n) is 2.39. The van der Waals surface area contributed by atoms with Crippen molar-refractivity contribution in [2.75, 3.05) is 25.0 Å². The van der Waals surface area contributed by atoms with Gasteiger partial charge in [-0.25, -0.2) is 4.79 Å². The molecule has 0 aromatic heterocycles. The molecule has 0 saturated carbocycles. The average Bonchev–Trinajstić information content (AvgIpc) is 2.55. The highest BCUT2D eigenvalue weighted by Gasteiger charge is 2.33. The van der Waals surface area contributed by atoms with Crippen LogP contribution in [0.1, 0.15) is 12.8 Å². The SMILES string of the molecule is O=C(Nc1cc(Cl)ccc1Cl)C1CCN(C(=O)OCC(F)(F)F)CC1. The number of halogens is 5. The average molecular weight is 399 g/mol. The Morgan fingerprint density at radius 1 is 1.24 bits per heavy atom. The van der Waals surface area contributed by atoms with Crippen molar-refractivity contribution in [1.29, 1.82) is 0 Å². The molecule has 0 aliphatic carbocycles. The number of nitrogens with one attached hydrogen (secondary N) is 1. The van der Waals surface area contributed by atoms with Crippen molar-refractivity contribution >= 4 is 40.9 Å². The van der Waals surface area contributed by atoms with Crippen LogP contribution in [0.2, 0.25) is 10.0 Å². The Morgan fingerprint density at radius 3 is 2.48 bits per heavy atom. The number of nitrogens with zero attached hydrogens (tertiary/aromatic N) is 1. The zero-order valence-electron chi connectivity index (χ0n) is 12.9. The van der Waals surface area contributed by atoms with Crippen molar-refractivity contribution < 1.29 is 27.5 Å². The number of anilines is 1. The highest BCUT2D eigenvalue weighted by Crippen LogP contribution is 2.27. The fraction of sp³-hybridized carbons (Fsp3) is 0.467. The smallest absolute Gasteiger partial charge is 0.422 e. The van der Waals surface area contributed by atoms with Crippen molar-refractivity contribution in [3.63, 3.8) is 0 Å². The third kappa shape index (κ3) is 5.97. The predicted octanol–water partition coefficient (Wildman–Crippen LogP) is 4.34. The molecule has 1 aliphatic heterocycles. The van der Waals surface area contributed by atoms with Gasteiger partial charge in [0.2, 0.25) is 5.91 Å². The van der Waals surface area contributed by atoms with E-state index in [1.807, 2.05) is 0 Å². The number of amides is 2. The van der Waals surface area contributed by atoms with Gasteiger partial charge in [-0.3, -0.25) is 4.79 Å². The number of carbonyl (C=O) groups is 2. The van der Waals surface area contributed by atoms with E-state index in [1.54, 1.807) is 12.1 Å². The standard InChI is InChI=1S/C15H15Cl2F3N2O3/c16-10-1-2-11(17)12(7-10)21-13(23)9-3-5-22(6-4-9)14(24)25-8-15(18,19)20/h1-2,7,9H,3-6,8H2,(H,21,23). The number of benzene rings is 1. The van der Waals surface area contributed by atoms with E-state index in [-0.39, 0.29) is 24.9 Å². The maximum Gasteiger partial charge on any atom is 0.422 e. The summed E-state index contributed by atoms with van der Waals surface area (Å²) in [6.45, 7) is -1.35. The van der Waals surface area contributed by atoms with Gasteiger partial charge in [-0.05, 0) is 31.0 Å². The summed E-state index contributed by atoms with van der Waals surface area (Å²) in [6, 6.07) is 4.66. The van der Waals surface area contributed by atoms with Crippen LogP contribution in [0, 0.1) is 5.92 Å². The lowest BCUT2D eigenvalue weighted by atomic mass is 9.96. The second-order valence-corrected chi connectivity index (χ2v) is 6.39. The van der Waals surface area contributed by atoms with Gasteiger partial charge in [0.1, 0.15) is 0 Å². The normalized spacial score (nSPS) is 15.8. The van der Waals surface area contributed by atoms with E-state index >= 15 is 0 Å². The van der Waals surface area contributed by atoms with Crippen LogP contribution >= 0.6 is 23.2 Å². The number of likely N-dealkylation sites (tertiary alicyclic amines) is 1. The molecule has 25 heavy (non-hydrogen) atoms. The van der Waals surface area contributed by atoms with E-state index in [2.05, 4.69) is 10.1 Å². The molecular weight excluding hydrogens is 384 g/mol. The lowest BCUT2D eigenvalue weighted by Gasteiger charge is -2.30. The van der Waals surface area contributed by atoms with E-state index < -0.39 is 18.9 Å². The molecule has 2 amide bonds. The van der Waals surface area contributed by atoms with Crippen LogP contribution < -0.4 is 5.32 Å². The van der Waals surface area contributed by atoms with Crippen molar-refractivity contribution in [3.05, 3.63) is 28.2 Å². The summed E-state index contributed by atoms with van der Waals surface area (Å²) < 4.78 is 40.3. The monoisotopic (exact) mass is 398 g/mol. The Hall–Kier alpha value is -1.67. The van der Waals surface area contributed by atoms with E-state index in [4.69, 9.17) is 23.2 Å². The summed E-state index contributed by atoms with van der Waals surface area (Å²) >= 11 is 11.8. The van der Waals surface area contributed by atoms with Crippen LogP contribution in [0.15, 0.2) is 18.2 Å². The first-order chi connectivity index (χ1) is 11.7. The molecule has 0 radical (unpaired) electrons. The van der Waals surface area contributed by atoms with E-state index in [0.29, 0.717) is 28.6 Å². The third-order valence-electron chi connectivity index (χ3n) is 3.67. The summed E-state index contributed by atoms with van der Waals surface area (Å²) in [5.74, 6) is -0.672. The van der Waals surface area contributed by atoms with Crippen molar-refractivity contribution in [2.45, 2.75) is 19.0 Å². The summed E-state index contributed by atoms with van der Waals surface area (Å²) in [7, 11) is 0. The minimum atomic E-state index is -4.57. The second kappa shape index (κ2) is 8.14. The van der Waals surface area contributed by atoms with Gasteiger partial charge in [0, 0.05) is 24.0 Å². The highest BCUT2D eigenvalue weighted by atomic mass is 35.5. The van der Waals surface area contributed by atoms with Gasteiger partial charge in [0.15, 0.2) is 6.61 Å². The fourth-order valence-corrected chi connectivity index (χ4v) is 2.72. The van der Waals surface area contributed by atoms with Gasteiger partial charge in [-0.2, -0.15) is 13.2 Å². The highest BCUT2D eigenvalue weighted by molar-refractivity contribution is 6.35. The van der Waals surface area contributed by atoms with Gasteiger partial charge in [0.25, 0.3) is 0 Å². The molecule has 2 rings (SSSR count).